The lowest BCUT2D eigenvalue weighted by Crippen LogP contribution is -2.41. The van der Waals surface area contributed by atoms with Crippen LogP contribution in [0, 0.1) is 5.92 Å². The first kappa shape index (κ1) is 21.2. The maximum Gasteiger partial charge on any atom is 0.238 e. The molecule has 0 aliphatic carbocycles. The number of benzene rings is 2. The predicted molar refractivity (Wildman–Crippen MR) is 118 cm³/mol. The number of rotatable bonds is 7. The minimum absolute atomic E-state index is 0.00693. The fourth-order valence-electron chi connectivity index (χ4n) is 3.44. The van der Waals surface area contributed by atoms with Crippen molar-refractivity contribution in [3.8, 4) is 5.75 Å². The molecular weight excluding hydrogens is 386 g/mol. The molecule has 0 aromatic heterocycles. The fourth-order valence-corrected chi connectivity index (χ4v) is 3.90. The van der Waals surface area contributed by atoms with Gasteiger partial charge in [0.1, 0.15) is 5.75 Å². The molecule has 0 atom stereocenters. The first-order chi connectivity index (χ1) is 14.1. The Balaban J connectivity index is 1.46. The predicted octanol–water partition coefficient (Wildman–Crippen LogP) is 3.71. The van der Waals surface area contributed by atoms with E-state index in [-0.39, 0.29) is 17.7 Å². The van der Waals surface area contributed by atoms with Crippen molar-refractivity contribution in [2.45, 2.75) is 17.7 Å². The molecular formula is C22H27N3O3S. The minimum atomic E-state index is -0.0579. The third kappa shape index (κ3) is 5.98. The number of methoxy groups -OCH3 is 1. The van der Waals surface area contributed by atoms with Crippen molar-refractivity contribution in [2.24, 2.45) is 5.92 Å². The van der Waals surface area contributed by atoms with E-state index in [0.29, 0.717) is 18.0 Å². The van der Waals surface area contributed by atoms with Gasteiger partial charge in [-0.2, -0.15) is 0 Å². The molecule has 29 heavy (non-hydrogen) atoms. The van der Waals surface area contributed by atoms with Gasteiger partial charge in [0.05, 0.1) is 19.3 Å². The highest BCUT2D eigenvalue weighted by atomic mass is 32.2. The molecule has 2 aromatic carbocycles. The van der Waals surface area contributed by atoms with Crippen molar-refractivity contribution in [3.63, 3.8) is 0 Å². The highest BCUT2D eigenvalue weighted by Crippen LogP contribution is 2.26. The number of anilines is 2. The SMILES string of the molecule is COc1ccccc1NC(=O)C1CCN(CC(=O)Nc2cccc(SC)c2)CC1. The number of nitrogens with one attached hydrogen (secondary N) is 2. The molecule has 0 spiro atoms. The summed E-state index contributed by atoms with van der Waals surface area (Å²) in [6.07, 6.45) is 3.47. The molecule has 1 aliphatic rings. The first-order valence-corrected chi connectivity index (χ1v) is 10.9. The molecule has 3 rings (SSSR count). The van der Waals surface area contributed by atoms with E-state index in [1.54, 1.807) is 18.9 Å². The van der Waals surface area contributed by atoms with E-state index in [4.69, 9.17) is 4.74 Å². The highest BCUT2D eigenvalue weighted by Gasteiger charge is 2.26. The summed E-state index contributed by atoms with van der Waals surface area (Å²) in [4.78, 5) is 28.2. The van der Waals surface area contributed by atoms with Gasteiger partial charge >= 0.3 is 0 Å². The summed E-state index contributed by atoms with van der Waals surface area (Å²) in [5, 5.41) is 5.92. The number of carbonyl (C=O) groups excluding carboxylic acids is 2. The third-order valence-electron chi connectivity index (χ3n) is 5.04. The molecule has 0 unspecified atom stereocenters. The Labute approximate surface area is 176 Å². The van der Waals surface area contributed by atoms with Crippen LogP contribution in [0.15, 0.2) is 53.4 Å². The van der Waals surface area contributed by atoms with Crippen LogP contribution in [0.5, 0.6) is 5.75 Å². The van der Waals surface area contributed by atoms with Crippen LogP contribution in [0.3, 0.4) is 0 Å². The maximum atomic E-state index is 12.6. The Morgan fingerprint density at radius 3 is 2.59 bits per heavy atom. The van der Waals surface area contributed by atoms with Crippen molar-refractivity contribution in [1.82, 2.24) is 4.90 Å². The number of para-hydroxylation sites is 2. The standard InChI is InChI=1S/C22H27N3O3S/c1-28-20-9-4-3-8-19(20)24-22(27)16-10-12-25(13-11-16)15-21(26)23-17-6-5-7-18(14-17)29-2/h3-9,14,16H,10-13,15H2,1-2H3,(H,23,26)(H,24,27). The van der Waals surface area contributed by atoms with Crippen LogP contribution in [-0.4, -0.2) is 49.7 Å². The molecule has 0 saturated carbocycles. The van der Waals surface area contributed by atoms with Crippen LogP contribution in [0.1, 0.15) is 12.8 Å². The van der Waals surface area contributed by atoms with Gasteiger partial charge in [0, 0.05) is 16.5 Å². The first-order valence-electron chi connectivity index (χ1n) is 9.69. The van der Waals surface area contributed by atoms with Gasteiger partial charge in [0.25, 0.3) is 0 Å². The number of hydrogen-bond donors (Lipinski definition) is 2. The van der Waals surface area contributed by atoms with Crippen LogP contribution in [0.25, 0.3) is 0 Å². The molecule has 2 N–H and O–H groups in total. The molecule has 6 nitrogen and oxygen atoms in total. The normalized spacial score (nSPS) is 15.0. The molecule has 0 bridgehead atoms. The lowest BCUT2D eigenvalue weighted by molar-refractivity contribution is -0.121. The number of likely N-dealkylation sites (tertiary alicyclic amines) is 1. The smallest absolute Gasteiger partial charge is 0.238 e. The van der Waals surface area contributed by atoms with Crippen LogP contribution in [-0.2, 0) is 9.59 Å². The summed E-state index contributed by atoms with van der Waals surface area (Å²) in [5.41, 5.74) is 1.50. The number of amides is 2. The number of ether oxygens (including phenoxy) is 1. The molecule has 7 heteroatoms. The van der Waals surface area contributed by atoms with E-state index in [1.165, 1.54) is 0 Å². The zero-order valence-corrected chi connectivity index (χ0v) is 17.6. The van der Waals surface area contributed by atoms with E-state index < -0.39 is 0 Å². The van der Waals surface area contributed by atoms with Gasteiger partial charge in [-0.1, -0.05) is 18.2 Å². The topological polar surface area (TPSA) is 70.7 Å². The molecule has 2 aromatic rings. The second kappa shape index (κ2) is 10.3. The lowest BCUT2D eigenvalue weighted by atomic mass is 9.95. The van der Waals surface area contributed by atoms with E-state index in [0.717, 1.165) is 36.5 Å². The Morgan fingerprint density at radius 2 is 1.86 bits per heavy atom. The quantitative estimate of drug-likeness (QED) is 0.677. The van der Waals surface area contributed by atoms with Gasteiger partial charge in [-0.15, -0.1) is 11.8 Å². The Kier molecular flexibility index (Phi) is 7.55. The molecule has 2 amide bonds. The number of nitrogens with zero attached hydrogens (tertiary/aromatic N) is 1. The van der Waals surface area contributed by atoms with Crippen molar-refractivity contribution in [2.75, 3.05) is 43.6 Å². The van der Waals surface area contributed by atoms with Crippen LogP contribution in [0.4, 0.5) is 11.4 Å². The van der Waals surface area contributed by atoms with Gasteiger partial charge in [0.15, 0.2) is 0 Å². The van der Waals surface area contributed by atoms with Gasteiger partial charge < -0.3 is 15.4 Å². The fraction of sp³-hybridized carbons (Fsp3) is 0.364. The third-order valence-corrected chi connectivity index (χ3v) is 5.77. The van der Waals surface area contributed by atoms with E-state index in [9.17, 15) is 9.59 Å². The zero-order valence-electron chi connectivity index (χ0n) is 16.8. The summed E-state index contributed by atoms with van der Waals surface area (Å²) in [6, 6.07) is 15.2. The summed E-state index contributed by atoms with van der Waals surface area (Å²) in [6.45, 7) is 1.79. The molecule has 1 heterocycles. The Bertz CT molecular complexity index is 851. The summed E-state index contributed by atoms with van der Waals surface area (Å²) < 4.78 is 5.29. The second-order valence-electron chi connectivity index (χ2n) is 7.02. The van der Waals surface area contributed by atoms with Gasteiger partial charge in [-0.3, -0.25) is 14.5 Å². The maximum absolute atomic E-state index is 12.6. The molecule has 154 valence electrons. The Morgan fingerprint density at radius 1 is 1.10 bits per heavy atom. The van der Waals surface area contributed by atoms with E-state index in [1.807, 2.05) is 54.8 Å². The molecule has 1 aliphatic heterocycles. The summed E-state index contributed by atoms with van der Waals surface area (Å²) >= 11 is 1.64. The molecule has 0 radical (unpaired) electrons. The average Bonchev–Trinajstić information content (AvgIpc) is 2.74. The number of thioether (sulfide) groups is 1. The van der Waals surface area contributed by atoms with E-state index >= 15 is 0 Å². The lowest BCUT2D eigenvalue weighted by Gasteiger charge is -2.30. The second-order valence-corrected chi connectivity index (χ2v) is 7.90. The summed E-state index contributed by atoms with van der Waals surface area (Å²) in [5.74, 6) is 0.575. The van der Waals surface area contributed by atoms with Crippen LogP contribution < -0.4 is 15.4 Å². The van der Waals surface area contributed by atoms with Gasteiger partial charge in [0.2, 0.25) is 11.8 Å². The van der Waals surface area contributed by atoms with Gasteiger partial charge in [-0.25, -0.2) is 0 Å². The van der Waals surface area contributed by atoms with Gasteiger partial charge in [-0.05, 0) is 62.5 Å². The van der Waals surface area contributed by atoms with Crippen molar-refractivity contribution in [3.05, 3.63) is 48.5 Å². The van der Waals surface area contributed by atoms with Crippen LogP contribution in [0.2, 0.25) is 0 Å². The largest absolute Gasteiger partial charge is 0.495 e. The van der Waals surface area contributed by atoms with E-state index in [2.05, 4.69) is 15.5 Å². The number of piperidine rings is 1. The Hall–Kier alpha value is -2.51. The van der Waals surface area contributed by atoms with Crippen molar-refractivity contribution in [1.29, 1.82) is 0 Å². The zero-order chi connectivity index (χ0) is 20.6. The summed E-state index contributed by atoms with van der Waals surface area (Å²) in [7, 11) is 1.59. The number of carbonyl (C=O) groups is 2. The number of hydrogen-bond acceptors (Lipinski definition) is 5. The van der Waals surface area contributed by atoms with Crippen LogP contribution >= 0.6 is 11.8 Å². The van der Waals surface area contributed by atoms with Crippen molar-refractivity contribution < 1.29 is 14.3 Å². The average molecular weight is 414 g/mol. The van der Waals surface area contributed by atoms with Crippen molar-refractivity contribution >= 4 is 35.0 Å². The minimum Gasteiger partial charge on any atom is -0.495 e. The highest BCUT2D eigenvalue weighted by molar-refractivity contribution is 7.98. The molecule has 1 saturated heterocycles. The monoisotopic (exact) mass is 413 g/mol. The molecule has 1 fully saturated rings.